The summed E-state index contributed by atoms with van der Waals surface area (Å²) in [5.74, 6) is 0.332. The summed E-state index contributed by atoms with van der Waals surface area (Å²) in [5, 5.41) is 0. The van der Waals surface area contributed by atoms with Crippen LogP contribution in [-0.4, -0.2) is 65.1 Å². The summed E-state index contributed by atoms with van der Waals surface area (Å²) < 4.78 is 5.33. The van der Waals surface area contributed by atoms with Crippen molar-refractivity contribution in [1.29, 1.82) is 0 Å². The average Bonchev–Trinajstić information content (AvgIpc) is 2.80. The molecule has 1 aromatic heterocycles. The second-order valence-corrected chi connectivity index (χ2v) is 6.45. The summed E-state index contributed by atoms with van der Waals surface area (Å²) in [6.07, 6.45) is 2.52. The lowest BCUT2D eigenvalue weighted by molar-refractivity contribution is -0.138. The van der Waals surface area contributed by atoms with Gasteiger partial charge in [0.15, 0.2) is 0 Å². The first kappa shape index (κ1) is 16.9. The molecule has 8 nitrogen and oxygen atoms in total. The number of rotatable bonds is 3. The van der Waals surface area contributed by atoms with E-state index < -0.39 is 5.69 Å². The average molecular weight is 336 g/mol. The summed E-state index contributed by atoms with van der Waals surface area (Å²) in [5.41, 5.74) is -0.267. The van der Waals surface area contributed by atoms with Crippen LogP contribution in [0.1, 0.15) is 25.0 Å². The standard InChI is InChI=1S/C16H24N4O4/c21-14-10-13(17-16(23)18-14)11-19-4-1-5-20(7-6-19)15(22)12-2-8-24-9-3-12/h10,12H,1-9,11H2,(H2,17,18,21,23). The molecule has 0 radical (unpaired) electrons. The van der Waals surface area contributed by atoms with Crippen LogP contribution in [-0.2, 0) is 16.1 Å². The van der Waals surface area contributed by atoms with E-state index in [-0.39, 0.29) is 17.4 Å². The number of carbonyl (C=O) groups is 1. The van der Waals surface area contributed by atoms with Crippen LogP contribution in [0.25, 0.3) is 0 Å². The summed E-state index contributed by atoms with van der Waals surface area (Å²) in [7, 11) is 0. The fourth-order valence-corrected chi connectivity index (χ4v) is 3.40. The van der Waals surface area contributed by atoms with Gasteiger partial charge in [0.2, 0.25) is 5.91 Å². The highest BCUT2D eigenvalue weighted by atomic mass is 16.5. The van der Waals surface area contributed by atoms with Gasteiger partial charge in [0.1, 0.15) is 0 Å². The van der Waals surface area contributed by atoms with Gasteiger partial charge in [-0.1, -0.05) is 0 Å². The Balaban J connectivity index is 1.57. The number of amides is 1. The molecule has 8 heteroatoms. The second-order valence-electron chi connectivity index (χ2n) is 6.45. The maximum atomic E-state index is 12.6. The molecule has 1 aromatic rings. The van der Waals surface area contributed by atoms with Gasteiger partial charge in [-0.25, -0.2) is 4.79 Å². The molecule has 0 aromatic carbocycles. The highest BCUT2D eigenvalue weighted by molar-refractivity contribution is 5.79. The molecule has 0 atom stereocenters. The fourth-order valence-electron chi connectivity index (χ4n) is 3.40. The number of H-pyrrole nitrogens is 2. The maximum absolute atomic E-state index is 12.6. The minimum Gasteiger partial charge on any atom is -0.381 e. The van der Waals surface area contributed by atoms with Crippen molar-refractivity contribution in [3.05, 3.63) is 32.6 Å². The van der Waals surface area contributed by atoms with Crippen molar-refractivity contribution in [3.63, 3.8) is 0 Å². The first-order chi connectivity index (χ1) is 11.6. The van der Waals surface area contributed by atoms with Crippen molar-refractivity contribution in [2.75, 3.05) is 39.4 Å². The smallest absolute Gasteiger partial charge is 0.325 e. The third kappa shape index (κ3) is 4.33. The van der Waals surface area contributed by atoms with Crippen molar-refractivity contribution < 1.29 is 9.53 Å². The van der Waals surface area contributed by atoms with Gasteiger partial charge in [-0.15, -0.1) is 0 Å². The van der Waals surface area contributed by atoms with Crippen LogP contribution in [0.3, 0.4) is 0 Å². The van der Waals surface area contributed by atoms with Crippen molar-refractivity contribution in [1.82, 2.24) is 19.8 Å². The fraction of sp³-hybridized carbons (Fsp3) is 0.688. The first-order valence-electron chi connectivity index (χ1n) is 8.53. The van der Waals surface area contributed by atoms with Gasteiger partial charge in [0.25, 0.3) is 5.56 Å². The molecule has 24 heavy (non-hydrogen) atoms. The van der Waals surface area contributed by atoms with Crippen LogP contribution in [0.4, 0.5) is 0 Å². The van der Waals surface area contributed by atoms with Gasteiger partial charge in [0.05, 0.1) is 0 Å². The number of aromatic nitrogens is 2. The molecule has 0 aliphatic carbocycles. The lowest BCUT2D eigenvalue weighted by Crippen LogP contribution is -2.40. The molecule has 0 spiro atoms. The molecule has 2 aliphatic heterocycles. The van der Waals surface area contributed by atoms with Gasteiger partial charge in [-0.2, -0.15) is 0 Å². The number of aromatic amines is 2. The molecule has 2 fully saturated rings. The summed E-state index contributed by atoms with van der Waals surface area (Å²) >= 11 is 0. The molecule has 1 amide bonds. The monoisotopic (exact) mass is 336 g/mol. The Morgan fingerprint density at radius 2 is 1.92 bits per heavy atom. The quantitative estimate of drug-likeness (QED) is 0.777. The SMILES string of the molecule is O=C(C1CCOCC1)N1CCCN(Cc2cc(=O)[nH]c(=O)[nH]2)CC1. The van der Waals surface area contributed by atoms with Gasteiger partial charge in [-0.3, -0.25) is 19.5 Å². The first-order valence-corrected chi connectivity index (χ1v) is 8.53. The number of ether oxygens (including phenoxy) is 1. The Labute approximate surface area is 139 Å². The number of nitrogens with one attached hydrogen (secondary N) is 2. The normalized spacial score (nSPS) is 20.8. The molecule has 0 bridgehead atoms. The van der Waals surface area contributed by atoms with Gasteiger partial charge < -0.3 is 14.6 Å². The minimum atomic E-state index is -0.483. The predicted octanol–water partition coefficient (Wildman–Crippen LogP) is -0.476. The Kier molecular flexibility index (Phi) is 5.47. The van der Waals surface area contributed by atoms with E-state index in [0.717, 1.165) is 38.9 Å². The highest BCUT2D eigenvalue weighted by Crippen LogP contribution is 2.19. The lowest BCUT2D eigenvalue weighted by Gasteiger charge is -2.28. The van der Waals surface area contributed by atoms with Crippen molar-refractivity contribution in [2.45, 2.75) is 25.8 Å². The van der Waals surface area contributed by atoms with E-state index in [2.05, 4.69) is 14.9 Å². The molecule has 2 N–H and O–H groups in total. The topological polar surface area (TPSA) is 98.5 Å². The summed E-state index contributed by atoms with van der Waals surface area (Å²) in [6, 6.07) is 1.41. The second kappa shape index (κ2) is 7.76. The van der Waals surface area contributed by atoms with Crippen molar-refractivity contribution >= 4 is 5.91 Å². The van der Waals surface area contributed by atoms with E-state index >= 15 is 0 Å². The lowest BCUT2D eigenvalue weighted by atomic mass is 9.98. The van der Waals surface area contributed by atoms with Crippen molar-refractivity contribution in [2.24, 2.45) is 5.92 Å². The zero-order valence-corrected chi connectivity index (χ0v) is 13.8. The maximum Gasteiger partial charge on any atom is 0.325 e. The van der Waals surface area contributed by atoms with E-state index in [9.17, 15) is 14.4 Å². The Hall–Kier alpha value is -1.93. The third-order valence-corrected chi connectivity index (χ3v) is 4.68. The minimum absolute atomic E-state index is 0.0920. The Morgan fingerprint density at radius 3 is 2.67 bits per heavy atom. The number of nitrogens with zero attached hydrogens (tertiary/aromatic N) is 2. The molecule has 2 aliphatic rings. The van der Waals surface area contributed by atoms with Crippen molar-refractivity contribution in [3.8, 4) is 0 Å². The molecule has 3 heterocycles. The Morgan fingerprint density at radius 1 is 1.12 bits per heavy atom. The molecule has 0 saturated carbocycles. The predicted molar refractivity (Wildman–Crippen MR) is 87.7 cm³/mol. The molecule has 132 valence electrons. The van der Waals surface area contributed by atoms with Gasteiger partial charge in [-0.05, 0) is 19.3 Å². The molecule has 2 saturated heterocycles. The summed E-state index contributed by atoms with van der Waals surface area (Å²) in [6.45, 7) is 4.88. The zero-order chi connectivity index (χ0) is 16.9. The van der Waals surface area contributed by atoms with Crippen LogP contribution in [0, 0.1) is 5.92 Å². The van der Waals surface area contributed by atoms with Crippen LogP contribution in [0.2, 0.25) is 0 Å². The van der Waals surface area contributed by atoms with Crippen LogP contribution in [0.15, 0.2) is 15.7 Å². The molecule has 3 rings (SSSR count). The van der Waals surface area contributed by atoms with Crippen LogP contribution < -0.4 is 11.2 Å². The van der Waals surface area contributed by atoms with E-state index in [4.69, 9.17) is 4.74 Å². The molecule has 0 unspecified atom stereocenters. The highest BCUT2D eigenvalue weighted by Gasteiger charge is 2.27. The van der Waals surface area contributed by atoms with Crippen LogP contribution >= 0.6 is 0 Å². The van der Waals surface area contributed by atoms with Gasteiger partial charge >= 0.3 is 5.69 Å². The number of hydrogen-bond donors (Lipinski definition) is 2. The summed E-state index contributed by atoms with van der Waals surface area (Å²) in [4.78, 5) is 44.3. The van der Waals surface area contributed by atoms with E-state index in [1.165, 1.54) is 6.07 Å². The number of hydrogen-bond acceptors (Lipinski definition) is 5. The van der Waals surface area contributed by atoms with E-state index in [1.807, 2.05) is 4.90 Å². The Bertz CT molecular complexity index is 649. The van der Waals surface area contributed by atoms with Gasteiger partial charge in [0, 0.05) is 63.6 Å². The molecular weight excluding hydrogens is 312 g/mol. The largest absolute Gasteiger partial charge is 0.381 e. The van der Waals surface area contributed by atoms with E-state index in [1.54, 1.807) is 0 Å². The zero-order valence-electron chi connectivity index (χ0n) is 13.8. The third-order valence-electron chi connectivity index (χ3n) is 4.68. The van der Waals surface area contributed by atoms with Crippen LogP contribution in [0.5, 0.6) is 0 Å². The molecular formula is C16H24N4O4. The van der Waals surface area contributed by atoms with E-state index in [0.29, 0.717) is 32.0 Å². The number of carbonyl (C=O) groups excluding carboxylic acids is 1.